The highest BCUT2D eigenvalue weighted by atomic mass is 32.2. The molecule has 21 heavy (non-hydrogen) atoms. The average Bonchev–Trinajstić information content (AvgIpc) is 2.37. The molecule has 0 bridgehead atoms. The Bertz CT molecular complexity index is 617. The van der Waals surface area contributed by atoms with Gasteiger partial charge in [-0.25, -0.2) is 8.42 Å². The van der Waals surface area contributed by atoms with Gasteiger partial charge in [-0.2, -0.15) is 4.31 Å². The number of aliphatic hydroxyl groups is 1. The Balaban J connectivity index is 2.44. The Labute approximate surface area is 127 Å². The topological polar surface area (TPSA) is 57.6 Å². The lowest BCUT2D eigenvalue weighted by Crippen LogP contribution is -2.42. The summed E-state index contributed by atoms with van der Waals surface area (Å²) in [6.07, 6.45) is 0.824. The molecule has 1 unspecified atom stereocenters. The van der Waals surface area contributed by atoms with Crippen LogP contribution in [-0.2, 0) is 15.4 Å². The number of aryl methyl sites for hydroxylation is 1. The van der Waals surface area contributed by atoms with Gasteiger partial charge in [0.25, 0.3) is 0 Å². The molecule has 1 atom stereocenters. The molecule has 0 aliphatic carbocycles. The second-order valence-electron chi connectivity index (χ2n) is 6.89. The van der Waals surface area contributed by atoms with Gasteiger partial charge in [-0.15, -0.1) is 0 Å². The predicted octanol–water partition coefficient (Wildman–Crippen LogP) is 2.44. The van der Waals surface area contributed by atoms with E-state index in [1.54, 1.807) is 6.07 Å². The van der Waals surface area contributed by atoms with E-state index in [9.17, 15) is 13.5 Å². The van der Waals surface area contributed by atoms with Gasteiger partial charge in [0.15, 0.2) is 0 Å². The molecule has 1 fully saturated rings. The Morgan fingerprint density at radius 2 is 1.95 bits per heavy atom. The second kappa shape index (κ2) is 5.71. The third-order valence-electron chi connectivity index (χ3n) is 4.03. The van der Waals surface area contributed by atoms with Gasteiger partial charge < -0.3 is 5.11 Å². The Morgan fingerprint density at radius 1 is 1.29 bits per heavy atom. The van der Waals surface area contributed by atoms with Crippen LogP contribution in [0.3, 0.4) is 0 Å². The minimum Gasteiger partial charge on any atom is -0.392 e. The van der Waals surface area contributed by atoms with Gasteiger partial charge in [-0.3, -0.25) is 0 Å². The van der Waals surface area contributed by atoms with Crippen LogP contribution in [0.2, 0.25) is 0 Å². The van der Waals surface area contributed by atoms with Crippen LogP contribution < -0.4 is 0 Å². The highest BCUT2D eigenvalue weighted by molar-refractivity contribution is 7.89. The molecule has 1 aliphatic rings. The first-order valence-electron chi connectivity index (χ1n) is 7.42. The van der Waals surface area contributed by atoms with E-state index < -0.39 is 16.1 Å². The number of rotatable bonds is 2. The van der Waals surface area contributed by atoms with Crippen LogP contribution in [0, 0.1) is 6.92 Å². The van der Waals surface area contributed by atoms with Crippen molar-refractivity contribution in [3.63, 3.8) is 0 Å². The lowest BCUT2D eigenvalue weighted by atomic mass is 9.87. The SMILES string of the molecule is Cc1ccc(C(C)(C)C)cc1S(=O)(=O)N1CCCC(O)C1. The summed E-state index contributed by atoms with van der Waals surface area (Å²) in [6, 6.07) is 5.64. The van der Waals surface area contributed by atoms with E-state index in [-0.39, 0.29) is 12.0 Å². The van der Waals surface area contributed by atoms with Crippen molar-refractivity contribution < 1.29 is 13.5 Å². The van der Waals surface area contributed by atoms with Crippen LogP contribution >= 0.6 is 0 Å². The molecule has 118 valence electrons. The van der Waals surface area contributed by atoms with Gasteiger partial charge in [0.1, 0.15) is 0 Å². The van der Waals surface area contributed by atoms with Crippen LogP contribution in [0.15, 0.2) is 23.1 Å². The van der Waals surface area contributed by atoms with Crippen molar-refractivity contribution in [1.29, 1.82) is 0 Å². The van der Waals surface area contributed by atoms with Gasteiger partial charge in [-0.05, 0) is 42.4 Å². The number of nitrogens with zero attached hydrogens (tertiary/aromatic N) is 1. The first kappa shape index (κ1) is 16.5. The van der Waals surface area contributed by atoms with E-state index in [0.29, 0.717) is 24.3 Å². The Morgan fingerprint density at radius 3 is 2.52 bits per heavy atom. The van der Waals surface area contributed by atoms with E-state index in [2.05, 4.69) is 20.8 Å². The molecule has 5 heteroatoms. The number of sulfonamides is 1. The maximum absolute atomic E-state index is 12.8. The maximum atomic E-state index is 12.8. The largest absolute Gasteiger partial charge is 0.392 e. The molecular formula is C16H25NO3S. The summed E-state index contributed by atoms with van der Waals surface area (Å²) in [4.78, 5) is 0.365. The fraction of sp³-hybridized carbons (Fsp3) is 0.625. The van der Waals surface area contributed by atoms with Crippen molar-refractivity contribution in [2.45, 2.75) is 57.0 Å². The zero-order valence-electron chi connectivity index (χ0n) is 13.3. The molecule has 0 aromatic heterocycles. The summed E-state index contributed by atoms with van der Waals surface area (Å²) in [5.74, 6) is 0. The van der Waals surface area contributed by atoms with E-state index >= 15 is 0 Å². The van der Waals surface area contributed by atoms with E-state index in [1.165, 1.54) is 4.31 Å². The third kappa shape index (κ3) is 3.47. The van der Waals surface area contributed by atoms with Gasteiger partial charge in [0.05, 0.1) is 11.0 Å². The van der Waals surface area contributed by atoms with E-state index in [1.807, 2.05) is 19.1 Å². The zero-order chi connectivity index (χ0) is 15.8. The quantitative estimate of drug-likeness (QED) is 0.912. The summed E-state index contributed by atoms with van der Waals surface area (Å²) in [6.45, 7) is 8.70. The van der Waals surface area contributed by atoms with Gasteiger partial charge in [-0.1, -0.05) is 32.9 Å². The molecule has 0 radical (unpaired) electrons. The summed E-state index contributed by atoms with van der Waals surface area (Å²) in [5, 5.41) is 9.74. The fourth-order valence-electron chi connectivity index (χ4n) is 2.62. The molecule has 0 saturated carbocycles. The molecule has 4 nitrogen and oxygen atoms in total. The maximum Gasteiger partial charge on any atom is 0.243 e. The highest BCUT2D eigenvalue weighted by Crippen LogP contribution is 2.29. The lowest BCUT2D eigenvalue weighted by molar-refractivity contribution is 0.108. The summed E-state index contributed by atoms with van der Waals surface area (Å²) >= 11 is 0. The first-order chi connectivity index (χ1) is 9.62. The summed E-state index contributed by atoms with van der Waals surface area (Å²) in [7, 11) is -3.54. The molecule has 1 saturated heterocycles. The predicted molar refractivity (Wildman–Crippen MR) is 83.9 cm³/mol. The van der Waals surface area contributed by atoms with Crippen LogP contribution in [0.4, 0.5) is 0 Å². The zero-order valence-corrected chi connectivity index (χ0v) is 14.1. The molecule has 0 spiro atoms. The van der Waals surface area contributed by atoms with Crippen LogP contribution in [-0.4, -0.2) is 37.0 Å². The summed E-state index contributed by atoms with van der Waals surface area (Å²) < 4.78 is 27.1. The van der Waals surface area contributed by atoms with E-state index in [0.717, 1.165) is 11.1 Å². The number of hydrogen-bond acceptors (Lipinski definition) is 3. The second-order valence-corrected chi connectivity index (χ2v) is 8.80. The van der Waals surface area contributed by atoms with Crippen LogP contribution in [0.1, 0.15) is 44.7 Å². The molecule has 1 heterocycles. The minimum absolute atomic E-state index is 0.0978. The Hall–Kier alpha value is -0.910. The van der Waals surface area contributed by atoms with Crippen molar-refractivity contribution in [1.82, 2.24) is 4.31 Å². The van der Waals surface area contributed by atoms with E-state index in [4.69, 9.17) is 0 Å². The normalized spacial score (nSPS) is 21.5. The van der Waals surface area contributed by atoms with Gasteiger partial charge in [0, 0.05) is 13.1 Å². The molecule has 0 amide bonds. The van der Waals surface area contributed by atoms with Crippen LogP contribution in [0.5, 0.6) is 0 Å². The highest BCUT2D eigenvalue weighted by Gasteiger charge is 2.31. The van der Waals surface area contributed by atoms with Crippen molar-refractivity contribution in [3.8, 4) is 0 Å². The van der Waals surface area contributed by atoms with Crippen LogP contribution in [0.25, 0.3) is 0 Å². The number of piperidine rings is 1. The average molecular weight is 311 g/mol. The molecule has 2 rings (SSSR count). The lowest BCUT2D eigenvalue weighted by Gasteiger charge is -2.30. The molecule has 1 aromatic rings. The van der Waals surface area contributed by atoms with Crippen molar-refractivity contribution >= 4 is 10.0 Å². The number of β-amino-alcohol motifs (C(OH)–C–C–N with tert-alkyl or cyclic N) is 1. The van der Waals surface area contributed by atoms with Gasteiger partial charge in [0.2, 0.25) is 10.0 Å². The first-order valence-corrected chi connectivity index (χ1v) is 8.86. The standard InChI is InChI=1S/C16H25NO3S/c1-12-7-8-13(16(2,3)4)10-15(12)21(19,20)17-9-5-6-14(18)11-17/h7-8,10,14,18H,5-6,9,11H2,1-4H3. The smallest absolute Gasteiger partial charge is 0.243 e. The van der Waals surface area contributed by atoms with Crippen molar-refractivity contribution in [2.75, 3.05) is 13.1 Å². The monoisotopic (exact) mass is 311 g/mol. The fourth-order valence-corrected chi connectivity index (χ4v) is 4.39. The Kier molecular flexibility index (Phi) is 4.47. The number of aliphatic hydroxyl groups excluding tert-OH is 1. The minimum atomic E-state index is -3.54. The number of benzene rings is 1. The van der Waals surface area contributed by atoms with Crippen molar-refractivity contribution in [2.24, 2.45) is 0 Å². The number of hydrogen-bond donors (Lipinski definition) is 1. The molecule has 1 N–H and O–H groups in total. The molecular weight excluding hydrogens is 286 g/mol. The van der Waals surface area contributed by atoms with Crippen molar-refractivity contribution in [3.05, 3.63) is 29.3 Å². The molecule has 1 aliphatic heterocycles. The third-order valence-corrected chi connectivity index (χ3v) is 6.04. The van der Waals surface area contributed by atoms with Gasteiger partial charge >= 0.3 is 0 Å². The molecule has 1 aromatic carbocycles. The summed E-state index contributed by atoms with van der Waals surface area (Å²) in [5.41, 5.74) is 1.66.